The number of aryl methyl sites for hydroxylation is 1. The largest absolute Gasteiger partial charge is 0.377 e. The van der Waals surface area contributed by atoms with E-state index in [1.807, 2.05) is 6.92 Å². The number of nitrogens with one attached hydrogen (secondary N) is 1. The Labute approximate surface area is 145 Å². The van der Waals surface area contributed by atoms with Gasteiger partial charge in [-0.2, -0.15) is 4.98 Å². The molecule has 0 spiro atoms. The van der Waals surface area contributed by atoms with E-state index < -0.39 is 0 Å². The van der Waals surface area contributed by atoms with Gasteiger partial charge in [0.05, 0.1) is 25.7 Å². The maximum Gasteiger partial charge on any atom is 0.254 e. The molecule has 2 heterocycles. The Morgan fingerprint density at radius 1 is 1.32 bits per heavy atom. The van der Waals surface area contributed by atoms with Crippen LogP contribution in [0.5, 0.6) is 0 Å². The van der Waals surface area contributed by atoms with Crippen molar-refractivity contribution in [2.75, 3.05) is 25.1 Å². The Morgan fingerprint density at radius 2 is 2.08 bits per heavy atom. The van der Waals surface area contributed by atoms with Crippen molar-refractivity contribution in [2.45, 2.75) is 26.3 Å². The Kier molecular flexibility index (Phi) is 5.08. The quantitative estimate of drug-likeness (QED) is 0.901. The van der Waals surface area contributed by atoms with Crippen LogP contribution in [0.3, 0.4) is 0 Å². The fraction of sp³-hybridized carbons (Fsp3) is 0.412. The summed E-state index contributed by atoms with van der Waals surface area (Å²) in [4.78, 5) is 30.3. The van der Waals surface area contributed by atoms with Crippen molar-refractivity contribution >= 4 is 17.5 Å². The van der Waals surface area contributed by atoms with Crippen molar-refractivity contribution in [2.24, 2.45) is 0 Å². The molecule has 0 radical (unpaired) electrons. The van der Waals surface area contributed by atoms with Gasteiger partial charge in [-0.15, -0.1) is 0 Å². The highest BCUT2D eigenvalue weighted by Gasteiger charge is 2.24. The zero-order valence-corrected chi connectivity index (χ0v) is 14.2. The molecule has 1 aliphatic rings. The van der Waals surface area contributed by atoms with Crippen molar-refractivity contribution in [3.8, 4) is 0 Å². The standard InChI is InChI=1S/C17H20N4O4/c1-11-10-24-8-7-21(11)17(23)13-3-5-14(6-4-13)19-16(22)9-15-18-12(2)25-20-15/h3-6,11H,7-10H2,1-2H3,(H,19,22). The van der Waals surface area contributed by atoms with Gasteiger partial charge in [0.25, 0.3) is 5.91 Å². The lowest BCUT2D eigenvalue weighted by atomic mass is 10.1. The number of ether oxygens (including phenoxy) is 1. The van der Waals surface area contributed by atoms with Gasteiger partial charge in [-0.25, -0.2) is 0 Å². The lowest BCUT2D eigenvalue weighted by Gasteiger charge is -2.33. The Morgan fingerprint density at radius 3 is 2.72 bits per heavy atom. The van der Waals surface area contributed by atoms with Crippen molar-refractivity contribution in [1.82, 2.24) is 15.0 Å². The van der Waals surface area contributed by atoms with E-state index in [0.29, 0.717) is 42.7 Å². The summed E-state index contributed by atoms with van der Waals surface area (Å²) in [6.45, 7) is 5.32. The molecule has 0 aliphatic carbocycles. The first kappa shape index (κ1) is 17.1. The normalized spacial score (nSPS) is 17.4. The molecule has 8 nitrogen and oxygen atoms in total. The number of hydrogen-bond acceptors (Lipinski definition) is 6. The highest BCUT2D eigenvalue weighted by atomic mass is 16.5. The average molecular weight is 344 g/mol. The average Bonchev–Trinajstić information content (AvgIpc) is 3.00. The predicted molar refractivity (Wildman–Crippen MR) is 89.1 cm³/mol. The molecule has 1 aromatic heterocycles. The zero-order chi connectivity index (χ0) is 17.8. The van der Waals surface area contributed by atoms with Crippen LogP contribution >= 0.6 is 0 Å². The maximum absolute atomic E-state index is 12.5. The molecule has 2 amide bonds. The fourth-order valence-electron chi connectivity index (χ4n) is 2.65. The zero-order valence-electron chi connectivity index (χ0n) is 14.2. The Balaban J connectivity index is 1.59. The minimum Gasteiger partial charge on any atom is -0.377 e. The van der Waals surface area contributed by atoms with Gasteiger partial charge >= 0.3 is 0 Å². The maximum atomic E-state index is 12.5. The second-order valence-electron chi connectivity index (χ2n) is 5.95. The van der Waals surface area contributed by atoms with E-state index in [0.717, 1.165) is 0 Å². The molecular formula is C17H20N4O4. The van der Waals surface area contributed by atoms with Gasteiger partial charge in [0.15, 0.2) is 5.82 Å². The minimum atomic E-state index is -0.248. The smallest absolute Gasteiger partial charge is 0.254 e. The first-order valence-electron chi connectivity index (χ1n) is 8.11. The van der Waals surface area contributed by atoms with Crippen LogP contribution in [-0.2, 0) is 16.0 Å². The van der Waals surface area contributed by atoms with Crippen LogP contribution in [0, 0.1) is 6.92 Å². The molecular weight excluding hydrogens is 324 g/mol. The van der Waals surface area contributed by atoms with Crippen LogP contribution in [0.25, 0.3) is 0 Å². The first-order valence-corrected chi connectivity index (χ1v) is 8.11. The van der Waals surface area contributed by atoms with Crippen LogP contribution in [0.4, 0.5) is 5.69 Å². The third-order valence-corrected chi connectivity index (χ3v) is 3.93. The van der Waals surface area contributed by atoms with Gasteiger partial charge < -0.3 is 19.5 Å². The summed E-state index contributed by atoms with van der Waals surface area (Å²) in [5, 5.41) is 6.43. The van der Waals surface area contributed by atoms with Gasteiger partial charge in [0, 0.05) is 24.7 Å². The van der Waals surface area contributed by atoms with Crippen LogP contribution in [-0.4, -0.2) is 52.7 Å². The summed E-state index contributed by atoms with van der Waals surface area (Å²) in [5.74, 6) is 0.476. The third-order valence-electron chi connectivity index (χ3n) is 3.93. The van der Waals surface area contributed by atoms with E-state index in [9.17, 15) is 9.59 Å². The molecule has 0 bridgehead atoms. The van der Waals surface area contributed by atoms with Crippen LogP contribution in [0.2, 0.25) is 0 Å². The number of hydrogen-bond donors (Lipinski definition) is 1. The molecule has 0 saturated carbocycles. The second-order valence-corrected chi connectivity index (χ2v) is 5.95. The van der Waals surface area contributed by atoms with E-state index in [4.69, 9.17) is 9.26 Å². The fourth-order valence-corrected chi connectivity index (χ4v) is 2.65. The lowest BCUT2D eigenvalue weighted by molar-refractivity contribution is -0.115. The second kappa shape index (κ2) is 7.43. The highest BCUT2D eigenvalue weighted by molar-refractivity contribution is 5.96. The van der Waals surface area contributed by atoms with E-state index in [1.54, 1.807) is 36.1 Å². The van der Waals surface area contributed by atoms with Crippen molar-refractivity contribution < 1.29 is 18.8 Å². The van der Waals surface area contributed by atoms with Gasteiger partial charge in [0.1, 0.15) is 0 Å². The number of nitrogens with zero attached hydrogens (tertiary/aromatic N) is 3. The summed E-state index contributed by atoms with van der Waals surface area (Å²) >= 11 is 0. The Hall–Kier alpha value is -2.74. The van der Waals surface area contributed by atoms with Crippen molar-refractivity contribution in [1.29, 1.82) is 0 Å². The van der Waals surface area contributed by atoms with Crippen LogP contribution in [0.15, 0.2) is 28.8 Å². The molecule has 1 aliphatic heterocycles. The molecule has 1 unspecified atom stereocenters. The molecule has 1 saturated heterocycles. The van der Waals surface area contributed by atoms with Gasteiger partial charge in [-0.3, -0.25) is 9.59 Å². The molecule has 1 fully saturated rings. The molecule has 1 aromatic carbocycles. The molecule has 8 heteroatoms. The Bertz CT molecular complexity index is 756. The van der Waals surface area contributed by atoms with Crippen LogP contribution < -0.4 is 5.32 Å². The van der Waals surface area contributed by atoms with E-state index in [2.05, 4.69) is 15.5 Å². The molecule has 3 rings (SSSR count). The number of benzene rings is 1. The summed E-state index contributed by atoms with van der Waals surface area (Å²) in [6.07, 6.45) is 0.0311. The molecule has 2 aromatic rings. The molecule has 25 heavy (non-hydrogen) atoms. The number of rotatable bonds is 4. The van der Waals surface area contributed by atoms with E-state index in [1.165, 1.54) is 0 Å². The van der Waals surface area contributed by atoms with Gasteiger partial charge in [0.2, 0.25) is 11.8 Å². The summed E-state index contributed by atoms with van der Waals surface area (Å²) in [5.41, 5.74) is 1.19. The topological polar surface area (TPSA) is 97.6 Å². The van der Waals surface area contributed by atoms with E-state index in [-0.39, 0.29) is 24.3 Å². The number of carbonyl (C=O) groups excluding carboxylic acids is 2. The number of morpholine rings is 1. The van der Waals surface area contributed by atoms with Gasteiger partial charge in [-0.05, 0) is 31.2 Å². The number of aromatic nitrogens is 2. The third kappa shape index (κ3) is 4.21. The van der Waals surface area contributed by atoms with Crippen LogP contribution in [0.1, 0.15) is 29.0 Å². The van der Waals surface area contributed by atoms with Crippen molar-refractivity contribution in [3.63, 3.8) is 0 Å². The molecule has 132 valence electrons. The monoisotopic (exact) mass is 344 g/mol. The number of amides is 2. The van der Waals surface area contributed by atoms with E-state index >= 15 is 0 Å². The first-order chi connectivity index (χ1) is 12.0. The summed E-state index contributed by atoms with van der Waals surface area (Å²) < 4.78 is 10.2. The minimum absolute atomic E-state index is 0.0311. The predicted octanol–water partition coefficient (Wildman–Crippen LogP) is 1.42. The number of anilines is 1. The van der Waals surface area contributed by atoms with Gasteiger partial charge in [-0.1, -0.05) is 5.16 Å². The highest BCUT2D eigenvalue weighted by Crippen LogP contribution is 2.15. The lowest BCUT2D eigenvalue weighted by Crippen LogP contribution is -2.47. The number of carbonyl (C=O) groups is 2. The summed E-state index contributed by atoms with van der Waals surface area (Å²) in [7, 11) is 0. The van der Waals surface area contributed by atoms with Crippen molar-refractivity contribution in [3.05, 3.63) is 41.5 Å². The molecule has 1 atom stereocenters. The molecule has 1 N–H and O–H groups in total. The summed E-state index contributed by atoms with van der Waals surface area (Å²) in [6, 6.07) is 6.88. The SMILES string of the molecule is Cc1nc(CC(=O)Nc2ccc(C(=O)N3CCOCC3C)cc2)no1.